The molecule has 0 unspecified atom stereocenters. The maximum Gasteiger partial charge on any atom is 0.264 e. The van der Waals surface area contributed by atoms with E-state index in [1.54, 1.807) is 25.1 Å². The first-order valence-electron chi connectivity index (χ1n) is 13.0. The summed E-state index contributed by atoms with van der Waals surface area (Å²) in [5, 5.41) is 3.30. The molecule has 0 aliphatic carbocycles. The summed E-state index contributed by atoms with van der Waals surface area (Å²) in [4.78, 5) is 28.7. The zero-order valence-corrected chi connectivity index (χ0v) is 24.4. The molecule has 208 valence electrons. The van der Waals surface area contributed by atoms with E-state index in [2.05, 4.69) is 5.32 Å². The van der Waals surface area contributed by atoms with Gasteiger partial charge in [0, 0.05) is 18.1 Å². The number of sulfonamides is 1. The molecule has 0 aliphatic rings. The van der Waals surface area contributed by atoms with Gasteiger partial charge < -0.3 is 10.2 Å². The summed E-state index contributed by atoms with van der Waals surface area (Å²) in [6, 6.07) is 19.8. The van der Waals surface area contributed by atoms with Crippen LogP contribution in [0.25, 0.3) is 0 Å². The SMILES string of the molecule is CCCNC(=O)[C@H](CC)N(Cc1ccc(C)cc1)C(=O)CN(c1ccccc1C)S(=O)(=O)c1ccc(Cl)cc1. The second kappa shape index (κ2) is 13.6. The highest BCUT2D eigenvalue weighted by Gasteiger charge is 2.34. The number of benzene rings is 3. The van der Waals surface area contributed by atoms with Crippen LogP contribution in [-0.4, -0.2) is 44.3 Å². The number of aryl methyl sites for hydroxylation is 2. The molecule has 0 heterocycles. The molecular weight excluding hydrogens is 534 g/mol. The molecule has 1 N–H and O–H groups in total. The van der Waals surface area contributed by atoms with Crippen LogP contribution in [0.15, 0.2) is 77.7 Å². The van der Waals surface area contributed by atoms with Gasteiger partial charge in [-0.3, -0.25) is 13.9 Å². The second-order valence-electron chi connectivity index (χ2n) is 9.47. The summed E-state index contributed by atoms with van der Waals surface area (Å²) >= 11 is 6.01. The Labute approximate surface area is 236 Å². The Bertz CT molecular complexity index is 1380. The second-order valence-corrected chi connectivity index (χ2v) is 11.8. The van der Waals surface area contributed by atoms with Crippen LogP contribution in [0.1, 0.15) is 43.4 Å². The number of hydrogen-bond acceptors (Lipinski definition) is 4. The lowest BCUT2D eigenvalue weighted by Gasteiger charge is -2.33. The Morgan fingerprint density at radius 1 is 0.923 bits per heavy atom. The molecule has 3 rings (SSSR count). The van der Waals surface area contributed by atoms with E-state index >= 15 is 0 Å². The maximum absolute atomic E-state index is 14.0. The highest BCUT2D eigenvalue weighted by atomic mass is 35.5. The van der Waals surface area contributed by atoms with E-state index in [9.17, 15) is 18.0 Å². The van der Waals surface area contributed by atoms with Crippen molar-refractivity contribution in [1.29, 1.82) is 0 Å². The zero-order chi connectivity index (χ0) is 28.6. The van der Waals surface area contributed by atoms with Crippen molar-refractivity contribution in [3.05, 3.63) is 94.5 Å². The standard InChI is InChI=1S/C30H36ClN3O4S/c1-5-19-32-30(36)27(6-2)33(20-24-13-11-22(3)12-14-24)29(35)21-34(28-10-8-7-9-23(28)4)39(37,38)26-17-15-25(31)16-18-26/h7-18,27H,5-6,19-21H2,1-4H3,(H,32,36)/t27-/m0/s1. The molecule has 0 fully saturated rings. The Morgan fingerprint density at radius 2 is 1.56 bits per heavy atom. The number of anilines is 1. The van der Waals surface area contributed by atoms with Crippen LogP contribution in [0, 0.1) is 13.8 Å². The molecule has 0 aromatic heterocycles. The fraction of sp³-hybridized carbons (Fsp3) is 0.333. The summed E-state index contributed by atoms with van der Waals surface area (Å²) < 4.78 is 28.9. The minimum absolute atomic E-state index is 0.0146. The van der Waals surface area contributed by atoms with E-state index in [0.29, 0.717) is 29.2 Å². The Kier molecular flexibility index (Phi) is 10.5. The average Bonchev–Trinajstić information content (AvgIpc) is 2.92. The lowest BCUT2D eigenvalue weighted by molar-refractivity contribution is -0.140. The number of hydrogen-bond donors (Lipinski definition) is 1. The van der Waals surface area contributed by atoms with Crippen molar-refractivity contribution in [3.63, 3.8) is 0 Å². The molecule has 0 saturated heterocycles. The van der Waals surface area contributed by atoms with E-state index in [0.717, 1.165) is 21.9 Å². The van der Waals surface area contributed by atoms with Crippen LogP contribution < -0.4 is 9.62 Å². The van der Waals surface area contributed by atoms with E-state index < -0.39 is 28.5 Å². The summed E-state index contributed by atoms with van der Waals surface area (Å²) in [5.41, 5.74) is 3.00. The van der Waals surface area contributed by atoms with E-state index in [1.165, 1.54) is 29.2 Å². The number of carbonyl (C=O) groups is 2. The molecular formula is C30H36ClN3O4S. The van der Waals surface area contributed by atoms with Gasteiger partial charge >= 0.3 is 0 Å². The van der Waals surface area contributed by atoms with E-state index in [4.69, 9.17) is 11.6 Å². The molecule has 7 nitrogen and oxygen atoms in total. The monoisotopic (exact) mass is 569 g/mol. The Morgan fingerprint density at radius 3 is 2.15 bits per heavy atom. The molecule has 39 heavy (non-hydrogen) atoms. The number of para-hydroxylation sites is 1. The first-order chi connectivity index (χ1) is 18.6. The van der Waals surface area contributed by atoms with Crippen LogP contribution in [-0.2, 0) is 26.2 Å². The molecule has 0 radical (unpaired) electrons. The van der Waals surface area contributed by atoms with Crippen molar-refractivity contribution in [2.24, 2.45) is 0 Å². The zero-order valence-electron chi connectivity index (χ0n) is 22.9. The number of nitrogens with zero attached hydrogens (tertiary/aromatic N) is 2. The number of nitrogens with one attached hydrogen (secondary N) is 1. The molecule has 0 spiro atoms. The molecule has 3 aromatic rings. The first kappa shape index (κ1) is 30.2. The molecule has 0 aliphatic heterocycles. The lowest BCUT2D eigenvalue weighted by Crippen LogP contribution is -2.52. The molecule has 1 atom stereocenters. The minimum atomic E-state index is -4.14. The molecule has 0 saturated carbocycles. The van der Waals surface area contributed by atoms with Crippen molar-refractivity contribution < 1.29 is 18.0 Å². The average molecular weight is 570 g/mol. The summed E-state index contributed by atoms with van der Waals surface area (Å²) in [6.45, 7) is 7.75. The molecule has 3 aromatic carbocycles. The molecule has 0 bridgehead atoms. The largest absolute Gasteiger partial charge is 0.354 e. The number of carbonyl (C=O) groups excluding carboxylic acids is 2. The van der Waals surface area contributed by atoms with Gasteiger partial charge in [-0.2, -0.15) is 0 Å². The van der Waals surface area contributed by atoms with Gasteiger partial charge in [0.25, 0.3) is 10.0 Å². The number of amides is 2. The van der Waals surface area contributed by atoms with Gasteiger partial charge in [0.05, 0.1) is 10.6 Å². The van der Waals surface area contributed by atoms with E-state index in [1.807, 2.05) is 51.1 Å². The predicted octanol–water partition coefficient (Wildman–Crippen LogP) is 5.49. The van der Waals surface area contributed by atoms with Crippen LogP contribution >= 0.6 is 11.6 Å². The van der Waals surface area contributed by atoms with Gasteiger partial charge in [0.1, 0.15) is 12.6 Å². The summed E-state index contributed by atoms with van der Waals surface area (Å²) in [5.74, 6) is -0.738. The predicted molar refractivity (Wildman–Crippen MR) is 156 cm³/mol. The third-order valence-electron chi connectivity index (χ3n) is 6.47. The number of halogens is 1. The highest BCUT2D eigenvalue weighted by molar-refractivity contribution is 7.92. The normalized spacial score (nSPS) is 12.0. The van der Waals surface area contributed by atoms with Crippen molar-refractivity contribution in [3.8, 4) is 0 Å². The summed E-state index contributed by atoms with van der Waals surface area (Å²) in [7, 11) is -4.14. The maximum atomic E-state index is 14.0. The van der Waals surface area contributed by atoms with Crippen molar-refractivity contribution in [1.82, 2.24) is 10.2 Å². The van der Waals surface area contributed by atoms with Crippen molar-refractivity contribution >= 4 is 39.1 Å². The fourth-order valence-corrected chi connectivity index (χ4v) is 5.87. The minimum Gasteiger partial charge on any atom is -0.354 e. The van der Waals surface area contributed by atoms with Crippen LogP contribution in [0.4, 0.5) is 5.69 Å². The van der Waals surface area contributed by atoms with Gasteiger partial charge in [-0.25, -0.2) is 8.42 Å². The quantitative estimate of drug-likeness (QED) is 0.313. The van der Waals surface area contributed by atoms with Gasteiger partial charge in [-0.05, 0) is 68.1 Å². The topological polar surface area (TPSA) is 86.8 Å². The van der Waals surface area contributed by atoms with Gasteiger partial charge in [-0.15, -0.1) is 0 Å². The highest BCUT2D eigenvalue weighted by Crippen LogP contribution is 2.28. The number of rotatable bonds is 12. The third-order valence-corrected chi connectivity index (χ3v) is 8.50. The third kappa shape index (κ3) is 7.61. The van der Waals surface area contributed by atoms with Crippen LogP contribution in [0.3, 0.4) is 0 Å². The molecule has 2 amide bonds. The van der Waals surface area contributed by atoms with Crippen LogP contribution in [0.5, 0.6) is 0 Å². The Balaban J connectivity index is 2.05. The van der Waals surface area contributed by atoms with E-state index in [-0.39, 0.29) is 17.3 Å². The van der Waals surface area contributed by atoms with Crippen molar-refractivity contribution in [2.75, 3.05) is 17.4 Å². The summed E-state index contributed by atoms with van der Waals surface area (Å²) in [6.07, 6.45) is 1.13. The lowest BCUT2D eigenvalue weighted by atomic mass is 10.1. The van der Waals surface area contributed by atoms with Crippen LogP contribution in [0.2, 0.25) is 5.02 Å². The first-order valence-corrected chi connectivity index (χ1v) is 14.9. The Hall–Kier alpha value is -3.36. The molecule has 9 heteroatoms. The smallest absolute Gasteiger partial charge is 0.264 e. The fourth-order valence-electron chi connectivity index (χ4n) is 4.27. The van der Waals surface area contributed by atoms with Gasteiger partial charge in [-0.1, -0.05) is 73.5 Å². The van der Waals surface area contributed by atoms with Gasteiger partial charge in [0.2, 0.25) is 11.8 Å². The van der Waals surface area contributed by atoms with Gasteiger partial charge in [0.15, 0.2) is 0 Å². The van der Waals surface area contributed by atoms with Crippen molar-refractivity contribution in [2.45, 2.75) is 58.0 Å².